The van der Waals surface area contributed by atoms with E-state index in [1.54, 1.807) is 6.20 Å². The SMILES string of the molecule is CC[C@H](C)n1nccc1NC(=O)[C@H](C)Sc1ccc(NC(C)=O)cc1. The minimum Gasteiger partial charge on any atom is -0.326 e. The van der Waals surface area contributed by atoms with Gasteiger partial charge >= 0.3 is 0 Å². The fraction of sp³-hybridized carbons (Fsp3) is 0.389. The van der Waals surface area contributed by atoms with E-state index in [0.717, 1.165) is 17.0 Å². The molecule has 0 bridgehead atoms. The van der Waals surface area contributed by atoms with Crippen LogP contribution in [0.4, 0.5) is 11.5 Å². The second-order valence-electron chi connectivity index (χ2n) is 5.87. The first-order valence-electron chi connectivity index (χ1n) is 8.29. The van der Waals surface area contributed by atoms with Gasteiger partial charge in [-0.3, -0.25) is 9.59 Å². The molecule has 6 nitrogen and oxygen atoms in total. The predicted octanol–water partition coefficient (Wildman–Crippen LogP) is 3.93. The number of rotatable bonds is 7. The number of carbonyl (C=O) groups excluding carboxylic acids is 2. The molecule has 1 aromatic carbocycles. The summed E-state index contributed by atoms with van der Waals surface area (Å²) in [6, 6.07) is 9.48. The fourth-order valence-electron chi connectivity index (χ4n) is 2.24. The lowest BCUT2D eigenvalue weighted by Crippen LogP contribution is -2.24. The molecule has 1 aromatic heterocycles. The maximum absolute atomic E-state index is 12.5. The van der Waals surface area contributed by atoms with Gasteiger partial charge in [0.2, 0.25) is 11.8 Å². The summed E-state index contributed by atoms with van der Waals surface area (Å²) in [5.74, 6) is 0.542. The quantitative estimate of drug-likeness (QED) is 0.734. The number of benzene rings is 1. The third-order valence-electron chi connectivity index (χ3n) is 3.79. The van der Waals surface area contributed by atoms with Gasteiger partial charge in [-0.25, -0.2) is 4.68 Å². The summed E-state index contributed by atoms with van der Waals surface area (Å²) in [6.07, 6.45) is 2.63. The van der Waals surface area contributed by atoms with E-state index in [4.69, 9.17) is 0 Å². The summed E-state index contributed by atoms with van der Waals surface area (Å²) in [7, 11) is 0. The standard InChI is InChI=1S/C18H24N4O2S/c1-5-12(2)22-17(10-11-19-22)21-18(24)13(3)25-16-8-6-15(7-9-16)20-14(4)23/h6-13H,5H2,1-4H3,(H,20,23)(H,21,24)/t12-,13-/m0/s1. The zero-order valence-corrected chi connectivity index (χ0v) is 15.8. The van der Waals surface area contributed by atoms with E-state index in [9.17, 15) is 9.59 Å². The Morgan fingerprint density at radius 1 is 1.16 bits per heavy atom. The Morgan fingerprint density at radius 3 is 2.44 bits per heavy atom. The van der Waals surface area contributed by atoms with E-state index in [1.165, 1.54) is 18.7 Å². The van der Waals surface area contributed by atoms with E-state index in [1.807, 2.05) is 41.9 Å². The molecule has 0 spiro atoms. The molecule has 0 aliphatic rings. The van der Waals surface area contributed by atoms with Gasteiger partial charge < -0.3 is 10.6 Å². The number of amides is 2. The first-order chi connectivity index (χ1) is 11.9. The van der Waals surface area contributed by atoms with Crippen molar-refractivity contribution >= 4 is 35.1 Å². The molecule has 2 aromatic rings. The van der Waals surface area contributed by atoms with Crippen molar-refractivity contribution in [2.24, 2.45) is 0 Å². The van der Waals surface area contributed by atoms with Gasteiger partial charge in [-0.2, -0.15) is 5.10 Å². The molecule has 25 heavy (non-hydrogen) atoms. The Bertz CT molecular complexity index is 727. The molecule has 0 fully saturated rings. The van der Waals surface area contributed by atoms with Gasteiger partial charge in [0, 0.05) is 23.6 Å². The molecule has 0 aliphatic heterocycles. The van der Waals surface area contributed by atoms with Crippen LogP contribution in [0, 0.1) is 0 Å². The van der Waals surface area contributed by atoms with Gasteiger partial charge in [-0.1, -0.05) is 6.92 Å². The molecule has 2 atom stereocenters. The van der Waals surface area contributed by atoms with Crippen molar-refractivity contribution in [2.45, 2.75) is 50.3 Å². The second-order valence-corrected chi connectivity index (χ2v) is 7.29. The number of anilines is 2. The van der Waals surface area contributed by atoms with E-state index < -0.39 is 0 Å². The summed E-state index contributed by atoms with van der Waals surface area (Å²) < 4.78 is 1.83. The highest BCUT2D eigenvalue weighted by Crippen LogP contribution is 2.26. The summed E-state index contributed by atoms with van der Waals surface area (Å²) in [5.41, 5.74) is 0.742. The Labute approximate surface area is 152 Å². The molecule has 2 N–H and O–H groups in total. The maximum atomic E-state index is 12.5. The van der Waals surface area contributed by atoms with Crippen LogP contribution in [0.2, 0.25) is 0 Å². The zero-order chi connectivity index (χ0) is 18.4. The number of hydrogen-bond donors (Lipinski definition) is 2. The van der Waals surface area contributed by atoms with Crippen molar-refractivity contribution < 1.29 is 9.59 Å². The third-order valence-corrected chi connectivity index (χ3v) is 4.90. The topological polar surface area (TPSA) is 76.0 Å². The Hall–Kier alpha value is -2.28. The van der Waals surface area contributed by atoms with Gasteiger partial charge in [-0.05, 0) is 44.5 Å². The molecule has 134 valence electrons. The summed E-state index contributed by atoms with van der Waals surface area (Å²) in [5, 5.41) is 9.69. The molecule has 0 saturated heterocycles. The first-order valence-corrected chi connectivity index (χ1v) is 9.17. The van der Waals surface area contributed by atoms with Crippen molar-refractivity contribution in [1.82, 2.24) is 9.78 Å². The molecule has 2 rings (SSSR count). The average Bonchev–Trinajstić information content (AvgIpc) is 3.03. The highest BCUT2D eigenvalue weighted by molar-refractivity contribution is 8.00. The van der Waals surface area contributed by atoms with Crippen LogP contribution in [-0.2, 0) is 9.59 Å². The highest BCUT2D eigenvalue weighted by Gasteiger charge is 2.17. The van der Waals surface area contributed by atoms with Crippen LogP contribution in [0.15, 0.2) is 41.4 Å². The summed E-state index contributed by atoms with van der Waals surface area (Å²) in [6.45, 7) is 7.49. The van der Waals surface area contributed by atoms with Crippen LogP contribution in [0.5, 0.6) is 0 Å². The van der Waals surface area contributed by atoms with Crippen LogP contribution in [0.3, 0.4) is 0 Å². The Kier molecular flexibility index (Phi) is 6.64. The zero-order valence-electron chi connectivity index (χ0n) is 14.9. The summed E-state index contributed by atoms with van der Waals surface area (Å²) in [4.78, 5) is 24.5. The number of nitrogens with one attached hydrogen (secondary N) is 2. The minimum atomic E-state index is -0.258. The fourth-order valence-corrected chi connectivity index (χ4v) is 3.11. The molecule has 7 heteroatoms. The number of hydrogen-bond acceptors (Lipinski definition) is 4. The molecule has 0 saturated carbocycles. The molecule has 1 heterocycles. The van der Waals surface area contributed by atoms with Crippen molar-refractivity contribution in [1.29, 1.82) is 0 Å². The van der Waals surface area contributed by atoms with Crippen molar-refractivity contribution in [3.8, 4) is 0 Å². The predicted molar refractivity (Wildman–Crippen MR) is 102 cm³/mol. The van der Waals surface area contributed by atoms with E-state index in [-0.39, 0.29) is 23.1 Å². The largest absolute Gasteiger partial charge is 0.326 e. The first kappa shape index (κ1) is 19.1. The van der Waals surface area contributed by atoms with Crippen LogP contribution < -0.4 is 10.6 Å². The van der Waals surface area contributed by atoms with Gasteiger partial charge in [0.05, 0.1) is 17.5 Å². The van der Waals surface area contributed by atoms with Crippen LogP contribution in [0.1, 0.15) is 40.2 Å². The number of thioether (sulfide) groups is 1. The Balaban J connectivity index is 1.96. The van der Waals surface area contributed by atoms with E-state index >= 15 is 0 Å². The number of nitrogens with zero attached hydrogens (tertiary/aromatic N) is 2. The lowest BCUT2D eigenvalue weighted by Gasteiger charge is -2.16. The van der Waals surface area contributed by atoms with Gasteiger partial charge in [0.25, 0.3) is 0 Å². The van der Waals surface area contributed by atoms with Crippen LogP contribution >= 0.6 is 11.8 Å². The van der Waals surface area contributed by atoms with Gasteiger partial charge in [-0.15, -0.1) is 11.8 Å². The number of carbonyl (C=O) groups is 2. The van der Waals surface area contributed by atoms with E-state index in [0.29, 0.717) is 5.82 Å². The average molecular weight is 360 g/mol. The van der Waals surface area contributed by atoms with Crippen molar-refractivity contribution in [2.75, 3.05) is 10.6 Å². The maximum Gasteiger partial charge on any atom is 0.238 e. The molecule has 0 radical (unpaired) electrons. The van der Waals surface area contributed by atoms with E-state index in [2.05, 4.69) is 29.6 Å². The smallest absolute Gasteiger partial charge is 0.238 e. The molecule has 0 aliphatic carbocycles. The molecular weight excluding hydrogens is 336 g/mol. The molecular formula is C18H24N4O2S. The third kappa shape index (κ3) is 5.35. The monoisotopic (exact) mass is 360 g/mol. The molecule has 2 amide bonds. The van der Waals surface area contributed by atoms with Crippen molar-refractivity contribution in [3.05, 3.63) is 36.5 Å². The highest BCUT2D eigenvalue weighted by atomic mass is 32.2. The normalized spacial score (nSPS) is 13.1. The Morgan fingerprint density at radius 2 is 1.84 bits per heavy atom. The summed E-state index contributed by atoms with van der Waals surface area (Å²) >= 11 is 1.47. The van der Waals surface area contributed by atoms with Crippen molar-refractivity contribution in [3.63, 3.8) is 0 Å². The molecule has 0 unspecified atom stereocenters. The lowest BCUT2D eigenvalue weighted by molar-refractivity contribution is -0.115. The van der Waals surface area contributed by atoms with Crippen LogP contribution in [-0.4, -0.2) is 26.8 Å². The lowest BCUT2D eigenvalue weighted by atomic mass is 10.3. The van der Waals surface area contributed by atoms with Gasteiger partial charge in [0.1, 0.15) is 5.82 Å². The minimum absolute atomic E-state index is 0.0685. The second kappa shape index (κ2) is 8.71. The van der Waals surface area contributed by atoms with Gasteiger partial charge in [0.15, 0.2) is 0 Å². The van der Waals surface area contributed by atoms with Crippen LogP contribution in [0.25, 0.3) is 0 Å². The number of aromatic nitrogens is 2.